The molecule has 176 valence electrons. The molecule has 2 aromatic rings. The van der Waals surface area contributed by atoms with Gasteiger partial charge in [-0.05, 0) is 82.1 Å². The number of anilines is 1. The number of piperidine rings is 2. The number of rotatable bonds is 4. The van der Waals surface area contributed by atoms with Gasteiger partial charge in [0.25, 0.3) is 0 Å². The van der Waals surface area contributed by atoms with Crippen molar-refractivity contribution in [1.29, 1.82) is 0 Å². The minimum atomic E-state index is -0.117. The lowest BCUT2D eigenvalue weighted by Gasteiger charge is -2.37. The molecule has 0 bridgehead atoms. The Morgan fingerprint density at radius 1 is 0.970 bits per heavy atom. The average molecular weight is 451 g/mol. The number of nitrogens with zero attached hydrogens (tertiary/aromatic N) is 4. The number of aromatic nitrogens is 2. The first-order valence-electron chi connectivity index (χ1n) is 12.5. The van der Waals surface area contributed by atoms with Crippen molar-refractivity contribution in [3.8, 4) is 0 Å². The quantitative estimate of drug-likeness (QED) is 0.664. The fourth-order valence-electron chi connectivity index (χ4n) is 5.66. The summed E-state index contributed by atoms with van der Waals surface area (Å²) in [6.07, 6.45) is 6.59. The highest BCUT2D eigenvalue weighted by atomic mass is 16.5. The SMILES string of the molecule is CCOC(=O)C1CCN(C(=O)C2CCN(c3nc(C)c4cc5c(cc4n3)CCC5)CC2)CC1. The summed E-state index contributed by atoms with van der Waals surface area (Å²) in [4.78, 5) is 39.0. The van der Waals surface area contributed by atoms with E-state index in [2.05, 4.69) is 24.0 Å². The summed E-state index contributed by atoms with van der Waals surface area (Å²) in [5.74, 6) is 0.895. The van der Waals surface area contributed by atoms with Crippen molar-refractivity contribution in [3.05, 3.63) is 29.0 Å². The third kappa shape index (κ3) is 4.42. The van der Waals surface area contributed by atoms with Crippen molar-refractivity contribution in [3.63, 3.8) is 0 Å². The number of likely N-dealkylation sites (tertiary alicyclic amines) is 1. The van der Waals surface area contributed by atoms with Crippen molar-refractivity contribution in [1.82, 2.24) is 14.9 Å². The summed E-state index contributed by atoms with van der Waals surface area (Å²) >= 11 is 0. The van der Waals surface area contributed by atoms with Crippen LogP contribution in [0.2, 0.25) is 0 Å². The number of amides is 1. The van der Waals surface area contributed by atoms with E-state index in [1.165, 1.54) is 17.5 Å². The van der Waals surface area contributed by atoms with E-state index < -0.39 is 0 Å². The van der Waals surface area contributed by atoms with Crippen LogP contribution in [0.15, 0.2) is 12.1 Å². The summed E-state index contributed by atoms with van der Waals surface area (Å²) in [6, 6.07) is 4.54. The highest BCUT2D eigenvalue weighted by Crippen LogP contribution is 2.30. The zero-order valence-electron chi connectivity index (χ0n) is 19.8. The van der Waals surface area contributed by atoms with E-state index in [4.69, 9.17) is 14.7 Å². The van der Waals surface area contributed by atoms with Gasteiger partial charge in [-0.25, -0.2) is 9.97 Å². The van der Waals surface area contributed by atoms with Crippen LogP contribution in [0.25, 0.3) is 10.9 Å². The lowest BCUT2D eigenvalue weighted by atomic mass is 9.92. The van der Waals surface area contributed by atoms with Gasteiger partial charge >= 0.3 is 5.97 Å². The van der Waals surface area contributed by atoms with Crippen LogP contribution in [0.3, 0.4) is 0 Å². The molecule has 3 aliphatic rings. The lowest BCUT2D eigenvalue weighted by molar-refractivity contribution is -0.151. The van der Waals surface area contributed by atoms with Crippen molar-refractivity contribution in [2.75, 3.05) is 37.7 Å². The number of ether oxygens (including phenoxy) is 1. The number of hydrogen-bond donors (Lipinski definition) is 0. The van der Waals surface area contributed by atoms with Crippen molar-refractivity contribution >= 4 is 28.7 Å². The Balaban J connectivity index is 1.20. The number of aryl methyl sites for hydroxylation is 3. The number of benzene rings is 1. The van der Waals surface area contributed by atoms with Crippen LogP contribution in [0.1, 0.15) is 55.8 Å². The molecule has 0 unspecified atom stereocenters. The summed E-state index contributed by atoms with van der Waals surface area (Å²) in [7, 11) is 0. The Labute approximate surface area is 195 Å². The first-order chi connectivity index (χ1) is 16.0. The second kappa shape index (κ2) is 9.27. The molecule has 1 aromatic carbocycles. The number of carbonyl (C=O) groups excluding carboxylic acids is 2. The van der Waals surface area contributed by atoms with Crippen LogP contribution in [0.4, 0.5) is 5.95 Å². The molecular formula is C26H34N4O3. The zero-order valence-corrected chi connectivity index (χ0v) is 19.8. The van der Waals surface area contributed by atoms with Gasteiger partial charge in [-0.2, -0.15) is 0 Å². The molecule has 0 spiro atoms. The second-order valence-corrected chi connectivity index (χ2v) is 9.71. The highest BCUT2D eigenvalue weighted by Gasteiger charge is 2.33. The van der Waals surface area contributed by atoms with Crippen molar-refractivity contribution in [2.45, 2.75) is 58.8 Å². The number of carbonyl (C=O) groups is 2. The van der Waals surface area contributed by atoms with E-state index >= 15 is 0 Å². The topological polar surface area (TPSA) is 75.6 Å². The van der Waals surface area contributed by atoms with Crippen LogP contribution in [0, 0.1) is 18.8 Å². The summed E-state index contributed by atoms with van der Waals surface area (Å²) in [6.45, 7) is 7.22. The average Bonchev–Trinajstić information content (AvgIpc) is 3.30. The van der Waals surface area contributed by atoms with E-state index in [-0.39, 0.29) is 23.7 Å². The molecule has 1 aromatic heterocycles. The number of hydrogen-bond acceptors (Lipinski definition) is 6. The molecule has 0 atom stereocenters. The molecule has 0 N–H and O–H groups in total. The van der Waals surface area contributed by atoms with E-state index in [9.17, 15) is 9.59 Å². The van der Waals surface area contributed by atoms with Crippen molar-refractivity contribution in [2.24, 2.45) is 11.8 Å². The Morgan fingerprint density at radius 2 is 1.64 bits per heavy atom. The van der Waals surface area contributed by atoms with Gasteiger partial charge in [0.2, 0.25) is 11.9 Å². The van der Waals surface area contributed by atoms with Gasteiger partial charge in [-0.1, -0.05) is 0 Å². The lowest BCUT2D eigenvalue weighted by Crippen LogP contribution is -2.46. The molecule has 1 aliphatic carbocycles. The van der Waals surface area contributed by atoms with Crippen molar-refractivity contribution < 1.29 is 14.3 Å². The predicted molar refractivity (Wildman–Crippen MR) is 127 cm³/mol. The fourth-order valence-corrected chi connectivity index (χ4v) is 5.66. The minimum Gasteiger partial charge on any atom is -0.466 e. The van der Waals surface area contributed by atoms with Gasteiger partial charge < -0.3 is 14.5 Å². The summed E-state index contributed by atoms with van der Waals surface area (Å²) < 4.78 is 5.14. The molecular weight excluding hydrogens is 416 g/mol. The Kier molecular flexibility index (Phi) is 6.21. The van der Waals surface area contributed by atoms with Crippen LogP contribution in [-0.2, 0) is 27.2 Å². The van der Waals surface area contributed by atoms with E-state index in [0.717, 1.165) is 61.3 Å². The van der Waals surface area contributed by atoms with E-state index in [1.807, 2.05) is 11.8 Å². The van der Waals surface area contributed by atoms with Gasteiger partial charge in [-0.3, -0.25) is 9.59 Å². The number of fused-ring (bicyclic) bond motifs is 2. The molecule has 3 heterocycles. The van der Waals surface area contributed by atoms with Gasteiger partial charge in [0.15, 0.2) is 0 Å². The second-order valence-electron chi connectivity index (χ2n) is 9.71. The van der Waals surface area contributed by atoms with Crippen LogP contribution in [-0.4, -0.2) is 59.5 Å². The fraction of sp³-hybridized carbons (Fsp3) is 0.615. The van der Waals surface area contributed by atoms with E-state index in [1.54, 1.807) is 0 Å². The maximum atomic E-state index is 13.1. The van der Waals surface area contributed by atoms with E-state index in [0.29, 0.717) is 32.5 Å². The Morgan fingerprint density at radius 3 is 2.33 bits per heavy atom. The minimum absolute atomic E-state index is 0.0465. The largest absolute Gasteiger partial charge is 0.466 e. The molecule has 5 rings (SSSR count). The standard InChI is InChI=1S/C26H34N4O3/c1-3-33-25(32)19-9-11-29(12-10-19)24(31)18-7-13-30(14-8-18)26-27-17(2)22-15-20-5-4-6-21(20)16-23(22)28-26/h15-16,18-19H,3-14H2,1-2H3. The molecule has 0 radical (unpaired) electrons. The van der Waals surface area contributed by atoms with Crippen LogP contribution >= 0.6 is 0 Å². The first kappa shape index (κ1) is 22.1. The molecule has 2 aliphatic heterocycles. The third-order valence-electron chi connectivity index (χ3n) is 7.64. The van der Waals surface area contributed by atoms with Gasteiger partial charge in [0.1, 0.15) is 0 Å². The molecule has 7 nitrogen and oxygen atoms in total. The molecule has 1 amide bonds. The zero-order chi connectivity index (χ0) is 22.9. The maximum Gasteiger partial charge on any atom is 0.309 e. The van der Waals surface area contributed by atoms with Gasteiger partial charge in [0.05, 0.1) is 23.7 Å². The first-order valence-corrected chi connectivity index (χ1v) is 12.5. The van der Waals surface area contributed by atoms with Crippen LogP contribution < -0.4 is 4.90 Å². The third-order valence-corrected chi connectivity index (χ3v) is 7.64. The molecule has 0 saturated carbocycles. The molecule has 7 heteroatoms. The smallest absolute Gasteiger partial charge is 0.309 e. The van der Waals surface area contributed by atoms with Crippen LogP contribution in [0.5, 0.6) is 0 Å². The molecule has 2 fully saturated rings. The Hall–Kier alpha value is -2.70. The highest BCUT2D eigenvalue weighted by molar-refractivity contribution is 5.84. The number of esters is 1. The maximum absolute atomic E-state index is 13.1. The predicted octanol–water partition coefficient (Wildman–Crippen LogP) is 3.45. The summed E-state index contributed by atoms with van der Waals surface area (Å²) in [5, 5.41) is 1.16. The molecule has 2 saturated heterocycles. The Bertz CT molecular complexity index is 1050. The monoisotopic (exact) mass is 450 g/mol. The van der Waals surface area contributed by atoms with Gasteiger partial charge in [0, 0.05) is 37.5 Å². The normalized spacial score (nSPS) is 19.7. The summed E-state index contributed by atoms with van der Waals surface area (Å²) in [5.41, 5.74) is 4.96. The molecule has 33 heavy (non-hydrogen) atoms. The van der Waals surface area contributed by atoms with Gasteiger partial charge in [-0.15, -0.1) is 0 Å².